The van der Waals surface area contributed by atoms with Gasteiger partial charge in [0.15, 0.2) is 0 Å². The second kappa shape index (κ2) is 7.49. The number of quaternary nitrogens is 1. The lowest BCUT2D eigenvalue weighted by Crippen LogP contribution is -2.72. The van der Waals surface area contributed by atoms with Gasteiger partial charge in [0.2, 0.25) is 0 Å². The van der Waals surface area contributed by atoms with Crippen LogP contribution in [0.4, 0.5) is 0 Å². The van der Waals surface area contributed by atoms with Gasteiger partial charge in [-0.05, 0) is 17.7 Å². The maximum Gasteiger partial charge on any atom is 0.113 e. The molecule has 0 aliphatic rings. The molecule has 0 aromatic heterocycles. The number of ether oxygens (including phenoxy) is 1. The highest BCUT2D eigenvalue weighted by Crippen LogP contribution is 2.05. The van der Waals surface area contributed by atoms with E-state index in [-0.39, 0.29) is 0 Å². The van der Waals surface area contributed by atoms with Crippen molar-refractivity contribution in [2.24, 2.45) is 0 Å². The first-order chi connectivity index (χ1) is 7.83. The Morgan fingerprint density at radius 1 is 1.31 bits per heavy atom. The van der Waals surface area contributed by atoms with Crippen LogP contribution in [0.25, 0.3) is 0 Å². The fraction of sp³-hybridized carbons (Fsp3) is 0.143. The molecule has 2 nitrogen and oxygen atoms in total. The molecule has 0 spiro atoms. The third-order valence-electron chi connectivity index (χ3n) is 1.96. The van der Waals surface area contributed by atoms with Crippen LogP contribution in [0.5, 0.6) is 0 Å². The van der Waals surface area contributed by atoms with E-state index in [1.54, 1.807) is 0 Å². The van der Waals surface area contributed by atoms with Crippen molar-refractivity contribution in [3.8, 4) is 0 Å². The summed E-state index contributed by atoms with van der Waals surface area (Å²) < 4.78 is 5.48. The summed E-state index contributed by atoms with van der Waals surface area (Å²) in [6.45, 7) is 4.38. The zero-order valence-corrected chi connectivity index (χ0v) is 9.60. The van der Waals surface area contributed by atoms with Crippen molar-refractivity contribution >= 4 is 0 Å². The Kier molecular flexibility index (Phi) is 5.74. The number of hydrogen-bond acceptors (Lipinski definition) is 1. The highest BCUT2D eigenvalue weighted by Gasteiger charge is 1.91. The number of allylic oxidation sites excluding steroid dienone is 3. The van der Waals surface area contributed by atoms with Gasteiger partial charge in [0.1, 0.15) is 12.4 Å². The van der Waals surface area contributed by atoms with Gasteiger partial charge >= 0.3 is 0 Å². The summed E-state index contributed by atoms with van der Waals surface area (Å²) in [4.78, 5) is 0. The third kappa shape index (κ3) is 5.17. The van der Waals surface area contributed by atoms with E-state index in [0.717, 1.165) is 5.56 Å². The number of hydrogen-bond donors (Lipinski definition) is 1. The van der Waals surface area contributed by atoms with Gasteiger partial charge in [-0.25, -0.2) is 0 Å². The summed E-state index contributed by atoms with van der Waals surface area (Å²) in [7, 11) is 1.98. The minimum absolute atomic E-state index is 0.563. The molecule has 0 bridgehead atoms. The van der Waals surface area contributed by atoms with Gasteiger partial charge in [-0.15, -0.1) is 0 Å². The topological polar surface area (TPSA) is 25.8 Å². The first-order valence-corrected chi connectivity index (χ1v) is 5.31. The summed E-state index contributed by atoms with van der Waals surface area (Å²) in [5.74, 6) is 0.671. The minimum atomic E-state index is 0.563. The highest BCUT2D eigenvalue weighted by atomic mass is 16.5. The molecule has 0 amide bonds. The van der Waals surface area contributed by atoms with Crippen molar-refractivity contribution in [3.05, 3.63) is 72.7 Å². The average molecular weight is 216 g/mol. The van der Waals surface area contributed by atoms with Crippen LogP contribution in [0, 0.1) is 0 Å². The first kappa shape index (κ1) is 12.3. The second-order valence-corrected chi connectivity index (χ2v) is 3.32. The lowest BCUT2D eigenvalue weighted by Gasteiger charge is -2.04. The Bertz CT molecular complexity index is 366. The van der Waals surface area contributed by atoms with E-state index in [2.05, 4.69) is 6.58 Å². The van der Waals surface area contributed by atoms with E-state index in [1.807, 2.05) is 67.1 Å². The van der Waals surface area contributed by atoms with Crippen LogP contribution in [0.3, 0.4) is 0 Å². The highest BCUT2D eigenvalue weighted by molar-refractivity contribution is 5.16. The lowest BCUT2D eigenvalue weighted by molar-refractivity contribution is -0.556. The number of rotatable bonds is 6. The van der Waals surface area contributed by atoms with Crippen molar-refractivity contribution in [2.75, 3.05) is 7.05 Å². The summed E-state index contributed by atoms with van der Waals surface area (Å²) in [6.07, 6.45) is 7.66. The molecule has 2 heteroatoms. The molecule has 0 heterocycles. The molecule has 84 valence electrons. The third-order valence-corrected chi connectivity index (χ3v) is 1.96. The van der Waals surface area contributed by atoms with Crippen LogP contribution < -0.4 is 5.32 Å². The maximum atomic E-state index is 5.48. The van der Waals surface area contributed by atoms with Crippen molar-refractivity contribution in [3.63, 3.8) is 0 Å². The van der Waals surface area contributed by atoms with E-state index >= 15 is 0 Å². The van der Waals surface area contributed by atoms with Crippen LogP contribution in [-0.4, -0.2) is 7.05 Å². The van der Waals surface area contributed by atoms with Crippen LogP contribution in [0.2, 0.25) is 0 Å². The first-order valence-electron chi connectivity index (χ1n) is 5.31. The smallest absolute Gasteiger partial charge is 0.113 e. The van der Waals surface area contributed by atoms with Crippen molar-refractivity contribution < 1.29 is 10.1 Å². The van der Waals surface area contributed by atoms with E-state index in [1.165, 1.54) is 0 Å². The molecule has 2 N–H and O–H groups in total. The Morgan fingerprint density at radius 2 is 2.06 bits per heavy atom. The molecule has 16 heavy (non-hydrogen) atoms. The Morgan fingerprint density at radius 3 is 2.75 bits per heavy atom. The predicted octanol–water partition coefficient (Wildman–Crippen LogP) is 1.98. The molecule has 0 aliphatic carbocycles. The van der Waals surface area contributed by atoms with Gasteiger partial charge in [-0.3, -0.25) is 0 Å². The molecular formula is C14H18NO+. The van der Waals surface area contributed by atoms with E-state index in [9.17, 15) is 0 Å². The van der Waals surface area contributed by atoms with Crippen molar-refractivity contribution in [1.82, 2.24) is 0 Å². The van der Waals surface area contributed by atoms with Gasteiger partial charge in [-0.2, -0.15) is 0 Å². The minimum Gasteiger partial charge on any atom is -0.490 e. The number of benzene rings is 1. The zero-order valence-electron chi connectivity index (χ0n) is 9.60. The molecule has 0 atom stereocenters. The van der Waals surface area contributed by atoms with E-state index in [4.69, 9.17) is 4.74 Å². The average Bonchev–Trinajstić information content (AvgIpc) is 2.33. The fourth-order valence-corrected chi connectivity index (χ4v) is 1.14. The number of nitrogens with two attached hydrogens (primary N) is 1. The molecule has 1 aromatic carbocycles. The van der Waals surface area contributed by atoms with Gasteiger partial charge in [0.05, 0.1) is 13.2 Å². The van der Waals surface area contributed by atoms with Crippen LogP contribution >= 0.6 is 0 Å². The molecule has 1 rings (SSSR count). The summed E-state index contributed by atoms with van der Waals surface area (Å²) >= 11 is 0. The van der Waals surface area contributed by atoms with Crippen LogP contribution in [-0.2, 0) is 11.3 Å². The zero-order chi connectivity index (χ0) is 11.6. The summed E-state index contributed by atoms with van der Waals surface area (Å²) in [5, 5.41) is 1.97. The van der Waals surface area contributed by atoms with E-state index < -0.39 is 0 Å². The molecule has 0 saturated carbocycles. The molecule has 1 aromatic rings. The molecule has 0 radical (unpaired) electrons. The van der Waals surface area contributed by atoms with Crippen molar-refractivity contribution in [2.45, 2.75) is 6.61 Å². The molecule has 0 aliphatic heterocycles. The quantitative estimate of drug-likeness (QED) is 0.571. The second-order valence-electron chi connectivity index (χ2n) is 3.32. The lowest BCUT2D eigenvalue weighted by atomic mass is 10.2. The van der Waals surface area contributed by atoms with E-state index in [0.29, 0.717) is 12.4 Å². The maximum absolute atomic E-state index is 5.48. The molecule has 0 saturated heterocycles. The summed E-state index contributed by atoms with van der Waals surface area (Å²) in [6, 6.07) is 10.0. The predicted molar refractivity (Wildman–Crippen MR) is 66.5 cm³/mol. The van der Waals surface area contributed by atoms with Gasteiger partial charge in [-0.1, -0.05) is 43.0 Å². The van der Waals surface area contributed by atoms with Gasteiger partial charge in [0.25, 0.3) is 0 Å². The molecule has 0 fully saturated rings. The summed E-state index contributed by atoms with van der Waals surface area (Å²) in [5.41, 5.74) is 1.15. The Balaban J connectivity index is 2.30. The Hall–Kier alpha value is -1.80. The monoisotopic (exact) mass is 216 g/mol. The normalized spacial score (nSPS) is 11.1. The molecular weight excluding hydrogens is 198 g/mol. The SMILES string of the molecule is C=C(/C=C\C=C/[NH2+]C)OCc1ccccc1. The van der Waals surface area contributed by atoms with Crippen molar-refractivity contribution in [1.29, 1.82) is 0 Å². The van der Waals surface area contributed by atoms with Crippen LogP contribution in [0.1, 0.15) is 5.56 Å². The Labute approximate surface area is 96.9 Å². The largest absolute Gasteiger partial charge is 0.490 e. The van der Waals surface area contributed by atoms with Gasteiger partial charge < -0.3 is 10.1 Å². The fourth-order valence-electron chi connectivity index (χ4n) is 1.14. The standard InChI is InChI=1S/C14H17NO/c1-13(8-6-7-11-15-2)16-12-14-9-4-3-5-10-14/h3-11,15H,1,12H2,2H3/p+1/b8-6-,11-7-. The molecule has 0 unspecified atom stereocenters. The van der Waals surface area contributed by atoms with Crippen LogP contribution in [0.15, 0.2) is 67.1 Å². The van der Waals surface area contributed by atoms with Gasteiger partial charge in [0, 0.05) is 0 Å².